The summed E-state index contributed by atoms with van der Waals surface area (Å²) in [7, 11) is 0. The lowest BCUT2D eigenvalue weighted by atomic mass is 10.0. The summed E-state index contributed by atoms with van der Waals surface area (Å²) in [6.07, 6.45) is 1.82. The topological polar surface area (TPSA) is 38.9 Å². The summed E-state index contributed by atoms with van der Waals surface area (Å²) in [5.41, 5.74) is 9.13. The first-order valence-corrected chi connectivity index (χ1v) is 5.48. The van der Waals surface area contributed by atoms with Crippen LogP contribution in [0.15, 0.2) is 42.6 Å². The number of halogens is 1. The normalized spacial score (nSPS) is 12.4. The van der Waals surface area contributed by atoms with Crippen LogP contribution in [-0.2, 0) is 0 Å². The molecule has 2 nitrogen and oxygen atoms in total. The lowest BCUT2D eigenvalue weighted by Crippen LogP contribution is -2.13. The van der Waals surface area contributed by atoms with Gasteiger partial charge in [0.2, 0.25) is 0 Å². The second-order valence-corrected chi connectivity index (χ2v) is 4.23. The van der Waals surface area contributed by atoms with Crippen LogP contribution in [0.1, 0.15) is 22.9 Å². The number of hydrogen-bond donors (Lipinski definition) is 1. The Balaban J connectivity index is 2.28. The Bertz CT molecular complexity index is 417. The van der Waals surface area contributed by atoms with Crippen molar-refractivity contribution in [2.75, 3.05) is 0 Å². The van der Waals surface area contributed by atoms with Crippen molar-refractivity contribution in [3.8, 4) is 0 Å². The molecule has 1 atom stereocenters. The third kappa shape index (κ3) is 2.40. The monoisotopic (exact) mass is 232 g/mol. The van der Waals surface area contributed by atoms with Gasteiger partial charge in [0.25, 0.3) is 0 Å². The van der Waals surface area contributed by atoms with E-state index in [4.69, 9.17) is 17.3 Å². The predicted octanol–water partition coefficient (Wildman–Crippen LogP) is 3.09. The first kappa shape index (κ1) is 11.1. The molecule has 2 rings (SSSR count). The molecule has 3 heteroatoms. The zero-order valence-electron chi connectivity index (χ0n) is 9.02. The van der Waals surface area contributed by atoms with Gasteiger partial charge >= 0.3 is 0 Å². The van der Waals surface area contributed by atoms with Crippen molar-refractivity contribution >= 4 is 11.6 Å². The molecule has 1 heterocycles. The molecular formula is C13H13ClN2. The molecule has 2 aromatic rings. The largest absolute Gasteiger partial charge is 0.319 e. The first-order valence-electron chi connectivity index (χ1n) is 5.10. The Kier molecular flexibility index (Phi) is 3.22. The molecule has 2 N–H and O–H groups in total. The summed E-state index contributed by atoms with van der Waals surface area (Å²) in [5.74, 6) is 0. The van der Waals surface area contributed by atoms with Crippen molar-refractivity contribution in [3.05, 3.63) is 64.4 Å². The summed E-state index contributed by atoms with van der Waals surface area (Å²) < 4.78 is 0. The Hall–Kier alpha value is -1.38. The predicted molar refractivity (Wildman–Crippen MR) is 66.5 cm³/mol. The molecule has 0 fully saturated rings. The zero-order chi connectivity index (χ0) is 11.5. The molecule has 0 amide bonds. The van der Waals surface area contributed by atoms with E-state index in [1.807, 2.05) is 49.5 Å². The molecule has 1 aromatic carbocycles. The molecule has 0 spiro atoms. The van der Waals surface area contributed by atoms with E-state index in [0.29, 0.717) is 5.02 Å². The number of nitrogens with zero attached hydrogens (tertiary/aromatic N) is 1. The average Bonchev–Trinajstić information content (AvgIpc) is 2.30. The highest BCUT2D eigenvalue weighted by Gasteiger charge is 2.09. The maximum absolute atomic E-state index is 6.11. The fourth-order valence-corrected chi connectivity index (χ4v) is 1.63. The minimum absolute atomic E-state index is 0.196. The van der Waals surface area contributed by atoms with Gasteiger partial charge in [0.15, 0.2) is 0 Å². The van der Waals surface area contributed by atoms with E-state index in [-0.39, 0.29) is 6.04 Å². The molecular weight excluding hydrogens is 220 g/mol. The van der Waals surface area contributed by atoms with Gasteiger partial charge in [0.05, 0.1) is 11.7 Å². The Labute approximate surface area is 100 Å². The molecule has 0 bridgehead atoms. The van der Waals surface area contributed by atoms with Gasteiger partial charge < -0.3 is 5.73 Å². The highest BCUT2D eigenvalue weighted by molar-refractivity contribution is 6.30. The van der Waals surface area contributed by atoms with Crippen LogP contribution in [0, 0.1) is 6.92 Å². The van der Waals surface area contributed by atoms with Crippen molar-refractivity contribution in [2.24, 2.45) is 5.73 Å². The second kappa shape index (κ2) is 4.64. The van der Waals surface area contributed by atoms with Crippen LogP contribution < -0.4 is 5.73 Å². The van der Waals surface area contributed by atoms with Crippen LogP contribution in [0.4, 0.5) is 0 Å². The van der Waals surface area contributed by atoms with Gasteiger partial charge in [-0.2, -0.15) is 0 Å². The fraction of sp³-hybridized carbons (Fsp3) is 0.154. The highest BCUT2D eigenvalue weighted by Crippen LogP contribution is 2.19. The number of benzene rings is 1. The maximum atomic E-state index is 6.11. The van der Waals surface area contributed by atoms with Crippen molar-refractivity contribution < 1.29 is 0 Å². The van der Waals surface area contributed by atoms with Crippen LogP contribution >= 0.6 is 11.6 Å². The molecule has 1 aromatic heterocycles. The van der Waals surface area contributed by atoms with Crippen LogP contribution in [0.3, 0.4) is 0 Å². The quantitative estimate of drug-likeness (QED) is 0.864. The highest BCUT2D eigenvalue weighted by atomic mass is 35.5. The minimum Gasteiger partial charge on any atom is -0.319 e. The lowest BCUT2D eigenvalue weighted by Gasteiger charge is -2.11. The van der Waals surface area contributed by atoms with Crippen LogP contribution in [0.5, 0.6) is 0 Å². The number of pyridine rings is 1. The maximum Gasteiger partial charge on any atom is 0.0726 e. The minimum atomic E-state index is -0.196. The van der Waals surface area contributed by atoms with E-state index >= 15 is 0 Å². The van der Waals surface area contributed by atoms with Gasteiger partial charge in [0.1, 0.15) is 0 Å². The van der Waals surface area contributed by atoms with Gasteiger partial charge in [-0.1, -0.05) is 29.8 Å². The average molecular weight is 233 g/mol. The van der Waals surface area contributed by atoms with E-state index in [9.17, 15) is 0 Å². The number of hydrogen-bond acceptors (Lipinski definition) is 2. The van der Waals surface area contributed by atoms with E-state index in [1.165, 1.54) is 0 Å². The van der Waals surface area contributed by atoms with Gasteiger partial charge in [-0.05, 0) is 36.2 Å². The molecule has 16 heavy (non-hydrogen) atoms. The van der Waals surface area contributed by atoms with Crippen molar-refractivity contribution in [1.29, 1.82) is 0 Å². The van der Waals surface area contributed by atoms with E-state index < -0.39 is 0 Å². The van der Waals surface area contributed by atoms with Crippen molar-refractivity contribution in [1.82, 2.24) is 4.98 Å². The van der Waals surface area contributed by atoms with Crippen LogP contribution in [0.2, 0.25) is 5.02 Å². The summed E-state index contributed by atoms with van der Waals surface area (Å²) in [4.78, 5) is 4.32. The van der Waals surface area contributed by atoms with E-state index in [2.05, 4.69) is 4.98 Å². The van der Waals surface area contributed by atoms with E-state index in [1.54, 1.807) is 0 Å². The molecule has 0 aliphatic carbocycles. The molecule has 0 saturated heterocycles. The van der Waals surface area contributed by atoms with Gasteiger partial charge in [-0.15, -0.1) is 0 Å². The summed E-state index contributed by atoms with van der Waals surface area (Å²) in [5, 5.41) is 0.716. The molecule has 82 valence electrons. The molecule has 0 saturated carbocycles. The molecule has 0 aliphatic rings. The Morgan fingerprint density at radius 1 is 1.12 bits per heavy atom. The van der Waals surface area contributed by atoms with E-state index in [0.717, 1.165) is 16.8 Å². The SMILES string of the molecule is Cc1ccc(C(N)c2ccc(Cl)cc2)nc1. The van der Waals surface area contributed by atoms with Gasteiger partial charge in [0, 0.05) is 11.2 Å². The lowest BCUT2D eigenvalue weighted by molar-refractivity contribution is 0.827. The van der Waals surface area contributed by atoms with Crippen molar-refractivity contribution in [2.45, 2.75) is 13.0 Å². The number of aryl methyl sites for hydroxylation is 1. The molecule has 0 aliphatic heterocycles. The second-order valence-electron chi connectivity index (χ2n) is 3.79. The third-order valence-corrected chi connectivity index (χ3v) is 2.73. The summed E-state index contributed by atoms with van der Waals surface area (Å²) in [6.45, 7) is 2.00. The van der Waals surface area contributed by atoms with Gasteiger partial charge in [-0.25, -0.2) is 0 Å². The van der Waals surface area contributed by atoms with Crippen LogP contribution in [0.25, 0.3) is 0 Å². The Morgan fingerprint density at radius 2 is 1.81 bits per heavy atom. The molecule has 0 radical (unpaired) electrons. The number of rotatable bonds is 2. The zero-order valence-corrected chi connectivity index (χ0v) is 9.78. The van der Waals surface area contributed by atoms with Gasteiger partial charge in [-0.3, -0.25) is 4.98 Å². The summed E-state index contributed by atoms with van der Waals surface area (Å²) in [6, 6.07) is 11.3. The standard InChI is InChI=1S/C13H13ClN2/c1-9-2-7-12(16-8-9)13(15)10-3-5-11(14)6-4-10/h2-8,13H,15H2,1H3. The third-order valence-electron chi connectivity index (χ3n) is 2.48. The summed E-state index contributed by atoms with van der Waals surface area (Å²) >= 11 is 5.83. The number of aromatic nitrogens is 1. The molecule has 1 unspecified atom stereocenters. The Morgan fingerprint density at radius 3 is 2.38 bits per heavy atom. The first-order chi connectivity index (χ1) is 7.66. The van der Waals surface area contributed by atoms with Crippen molar-refractivity contribution in [3.63, 3.8) is 0 Å². The number of nitrogens with two attached hydrogens (primary N) is 1. The fourth-order valence-electron chi connectivity index (χ4n) is 1.50. The van der Waals surface area contributed by atoms with Crippen LogP contribution in [-0.4, -0.2) is 4.98 Å². The smallest absolute Gasteiger partial charge is 0.0726 e.